The number of ether oxygens (including phenoxy) is 1. The third-order valence-electron chi connectivity index (χ3n) is 8.13. The molecule has 206 valence electrons. The molecule has 2 unspecified atom stereocenters. The Morgan fingerprint density at radius 3 is 2.56 bits per heavy atom. The highest BCUT2D eigenvalue weighted by Gasteiger charge is 2.60. The molecule has 0 aromatic heterocycles. The lowest BCUT2D eigenvalue weighted by molar-refractivity contribution is -0.146. The summed E-state index contributed by atoms with van der Waals surface area (Å²) in [5, 5.41) is 11.7. The molecule has 2 aliphatic carbocycles. The van der Waals surface area contributed by atoms with Gasteiger partial charge in [0.2, 0.25) is 17.4 Å². The highest BCUT2D eigenvalue weighted by atomic mass is 16.6. The van der Waals surface area contributed by atoms with E-state index in [4.69, 9.17) is 15.6 Å². The first-order valence-corrected chi connectivity index (χ1v) is 13.4. The summed E-state index contributed by atoms with van der Waals surface area (Å²) in [7, 11) is 0. The van der Waals surface area contributed by atoms with Gasteiger partial charge in [0.25, 0.3) is 5.91 Å². The number of hydrogen-bond donors (Lipinski definition) is 3. The van der Waals surface area contributed by atoms with Crippen LogP contribution >= 0.6 is 0 Å². The van der Waals surface area contributed by atoms with Gasteiger partial charge in [-0.15, -0.1) is 0 Å². The predicted octanol–water partition coefficient (Wildman–Crippen LogP) is 2.28. The summed E-state index contributed by atoms with van der Waals surface area (Å²) in [5.74, 6) is -0.977. The summed E-state index contributed by atoms with van der Waals surface area (Å²) >= 11 is 0. The van der Waals surface area contributed by atoms with Crippen LogP contribution in [-0.4, -0.2) is 63.5 Å². The Hall–Kier alpha value is -3.76. The van der Waals surface area contributed by atoms with E-state index in [2.05, 4.69) is 5.32 Å². The van der Waals surface area contributed by atoms with Crippen molar-refractivity contribution < 1.29 is 29.0 Å². The summed E-state index contributed by atoms with van der Waals surface area (Å²) in [6.07, 6.45) is 1.95. The number of aliphatic hydroxyl groups excluding tert-OH is 1. The number of imide groups is 1. The first-order valence-electron chi connectivity index (χ1n) is 13.4. The van der Waals surface area contributed by atoms with Gasteiger partial charge >= 0.3 is 6.09 Å². The zero-order valence-electron chi connectivity index (χ0n) is 22.1. The van der Waals surface area contributed by atoms with Crippen LogP contribution in [0.3, 0.4) is 0 Å². The zero-order chi connectivity index (χ0) is 27.9. The Bertz CT molecular complexity index is 1300. The molecule has 10 heteroatoms. The maximum absolute atomic E-state index is 13.8. The SMILES string of the molecule is CC(C(=O)N(Cc1ccccc1)[C@@H](C)C1CC1)N1C(=O)OC2(CCc3cc(NC(=O)[C@@H](N)CO)ccc32)C1=O. The molecular formula is C29H34N4O6. The Kier molecular flexibility index (Phi) is 7.17. The second kappa shape index (κ2) is 10.4. The minimum absolute atomic E-state index is 0.0253. The van der Waals surface area contributed by atoms with E-state index in [0.717, 1.165) is 28.9 Å². The second-order valence-corrected chi connectivity index (χ2v) is 10.7. The van der Waals surface area contributed by atoms with Gasteiger partial charge in [0.05, 0.1) is 6.61 Å². The van der Waals surface area contributed by atoms with Crippen molar-refractivity contribution in [2.24, 2.45) is 11.7 Å². The number of nitrogens with zero attached hydrogens (tertiary/aromatic N) is 2. The zero-order valence-corrected chi connectivity index (χ0v) is 22.1. The number of carbonyl (C=O) groups is 4. The number of carbonyl (C=O) groups excluding carboxylic acids is 4. The molecule has 1 heterocycles. The monoisotopic (exact) mass is 534 g/mol. The van der Waals surface area contributed by atoms with E-state index < -0.39 is 42.2 Å². The van der Waals surface area contributed by atoms with Crippen LogP contribution < -0.4 is 11.1 Å². The van der Waals surface area contributed by atoms with Gasteiger partial charge in [-0.3, -0.25) is 14.4 Å². The summed E-state index contributed by atoms with van der Waals surface area (Å²) < 4.78 is 5.75. The van der Waals surface area contributed by atoms with Gasteiger partial charge in [-0.25, -0.2) is 9.69 Å². The number of amides is 4. The Labute approximate surface area is 227 Å². The molecule has 5 rings (SSSR count). The number of nitrogens with two attached hydrogens (primary N) is 1. The minimum atomic E-state index is -1.50. The summed E-state index contributed by atoms with van der Waals surface area (Å²) in [6, 6.07) is 12.5. The molecule has 4 atom stereocenters. The average Bonchev–Trinajstić information content (AvgIpc) is 3.68. The highest BCUT2D eigenvalue weighted by Crippen LogP contribution is 2.47. The van der Waals surface area contributed by atoms with Crippen LogP contribution in [0.2, 0.25) is 0 Å². The normalized spacial score (nSPS) is 22.3. The van der Waals surface area contributed by atoms with Gasteiger partial charge in [-0.2, -0.15) is 0 Å². The fourth-order valence-corrected chi connectivity index (χ4v) is 5.60. The largest absolute Gasteiger partial charge is 0.427 e. The molecule has 2 aromatic rings. The van der Waals surface area contributed by atoms with Crippen molar-refractivity contribution in [2.45, 2.75) is 69.8 Å². The van der Waals surface area contributed by atoms with E-state index in [1.807, 2.05) is 37.3 Å². The van der Waals surface area contributed by atoms with Crippen LogP contribution in [0, 0.1) is 5.92 Å². The smallest absolute Gasteiger partial charge is 0.418 e. The van der Waals surface area contributed by atoms with Crippen LogP contribution in [0.25, 0.3) is 0 Å². The van der Waals surface area contributed by atoms with Crippen molar-refractivity contribution in [2.75, 3.05) is 11.9 Å². The van der Waals surface area contributed by atoms with Crippen molar-refractivity contribution >= 4 is 29.5 Å². The van der Waals surface area contributed by atoms with Crippen molar-refractivity contribution in [3.05, 3.63) is 65.2 Å². The van der Waals surface area contributed by atoms with Gasteiger partial charge in [-0.05, 0) is 62.3 Å². The number of aliphatic hydroxyl groups is 1. The van der Waals surface area contributed by atoms with Crippen LogP contribution in [0.1, 0.15) is 49.8 Å². The molecule has 2 fully saturated rings. The quantitative estimate of drug-likeness (QED) is 0.448. The number of benzene rings is 2. The molecule has 1 saturated carbocycles. The second-order valence-electron chi connectivity index (χ2n) is 10.7. The van der Waals surface area contributed by atoms with Crippen molar-refractivity contribution in [1.82, 2.24) is 9.80 Å². The van der Waals surface area contributed by atoms with Gasteiger partial charge in [0.1, 0.15) is 12.1 Å². The first-order chi connectivity index (χ1) is 18.7. The number of hydrogen-bond acceptors (Lipinski definition) is 7. The van der Waals surface area contributed by atoms with Gasteiger partial charge in [-0.1, -0.05) is 36.4 Å². The van der Waals surface area contributed by atoms with Crippen molar-refractivity contribution in [1.29, 1.82) is 0 Å². The summed E-state index contributed by atoms with van der Waals surface area (Å²) in [4.78, 5) is 55.6. The van der Waals surface area contributed by atoms with E-state index in [9.17, 15) is 19.2 Å². The fourth-order valence-electron chi connectivity index (χ4n) is 5.60. The Morgan fingerprint density at radius 1 is 1.18 bits per heavy atom. The third-order valence-corrected chi connectivity index (χ3v) is 8.13. The number of nitrogens with one attached hydrogen (secondary N) is 1. The molecule has 10 nitrogen and oxygen atoms in total. The third kappa shape index (κ3) is 4.90. The van der Waals surface area contributed by atoms with Crippen molar-refractivity contribution in [3.8, 4) is 0 Å². The van der Waals surface area contributed by atoms with Crippen LogP contribution in [0.4, 0.5) is 10.5 Å². The molecule has 39 heavy (non-hydrogen) atoms. The number of anilines is 1. The van der Waals surface area contributed by atoms with E-state index in [-0.39, 0.29) is 18.4 Å². The number of aryl methyl sites for hydroxylation is 1. The van der Waals surface area contributed by atoms with E-state index in [1.165, 1.54) is 0 Å². The van der Waals surface area contributed by atoms with Crippen LogP contribution in [-0.2, 0) is 37.7 Å². The van der Waals surface area contributed by atoms with Crippen LogP contribution in [0.15, 0.2) is 48.5 Å². The standard InChI is InChI=1S/C29H34N4O6/c1-17(20-8-9-20)32(15-19-6-4-3-5-7-19)26(36)18(2)33-27(37)29(39-28(33)38)13-12-21-14-22(10-11-23(21)29)31-25(35)24(30)16-34/h3-7,10-11,14,17-18,20,24,34H,8-9,12-13,15-16,30H2,1-2H3,(H,31,35)/t17-,18?,24-,29?/m0/s1. The average molecular weight is 535 g/mol. The fraction of sp³-hybridized carbons (Fsp3) is 0.448. The molecule has 0 radical (unpaired) electrons. The molecule has 3 aliphatic rings. The predicted molar refractivity (Wildman–Crippen MR) is 142 cm³/mol. The molecule has 4 N–H and O–H groups in total. The number of fused-ring (bicyclic) bond motifs is 2. The summed E-state index contributed by atoms with van der Waals surface area (Å²) in [5.41, 5.74) is 6.80. The Morgan fingerprint density at radius 2 is 1.90 bits per heavy atom. The van der Waals surface area contributed by atoms with Gasteiger partial charge in [0, 0.05) is 30.3 Å². The number of rotatable bonds is 9. The van der Waals surface area contributed by atoms with Gasteiger partial charge in [0.15, 0.2) is 0 Å². The topological polar surface area (TPSA) is 142 Å². The minimum Gasteiger partial charge on any atom is -0.427 e. The van der Waals surface area contributed by atoms with Crippen molar-refractivity contribution in [3.63, 3.8) is 0 Å². The first kappa shape index (κ1) is 26.8. The maximum atomic E-state index is 13.8. The molecule has 0 bridgehead atoms. The van der Waals surface area contributed by atoms with Crippen LogP contribution in [0.5, 0.6) is 0 Å². The molecule has 1 aliphatic heterocycles. The highest BCUT2D eigenvalue weighted by molar-refractivity contribution is 6.07. The van der Waals surface area contributed by atoms with E-state index in [0.29, 0.717) is 30.1 Å². The van der Waals surface area contributed by atoms with Gasteiger partial charge < -0.3 is 25.8 Å². The Balaban J connectivity index is 1.37. The molecule has 1 saturated heterocycles. The maximum Gasteiger partial charge on any atom is 0.418 e. The molecule has 4 amide bonds. The molecular weight excluding hydrogens is 500 g/mol. The molecule has 1 spiro atoms. The van der Waals surface area contributed by atoms with E-state index >= 15 is 0 Å². The lowest BCUT2D eigenvalue weighted by atomic mass is 9.94. The lowest BCUT2D eigenvalue weighted by Crippen LogP contribution is -2.52. The summed E-state index contributed by atoms with van der Waals surface area (Å²) in [6.45, 7) is 3.51. The lowest BCUT2D eigenvalue weighted by Gasteiger charge is -2.33. The molecule has 2 aromatic carbocycles. The van der Waals surface area contributed by atoms with E-state index in [1.54, 1.807) is 30.0 Å².